The van der Waals surface area contributed by atoms with Gasteiger partial charge in [0.2, 0.25) is 0 Å². The number of carbonyl (C=O) groups excluding carboxylic acids is 1. The van der Waals surface area contributed by atoms with E-state index in [9.17, 15) is 4.79 Å². The van der Waals surface area contributed by atoms with Crippen LogP contribution < -0.4 is 9.64 Å². The lowest BCUT2D eigenvalue weighted by molar-refractivity contribution is 0.0816. The van der Waals surface area contributed by atoms with Gasteiger partial charge in [0.05, 0.1) is 29.5 Å². The van der Waals surface area contributed by atoms with Crippen LogP contribution in [0.25, 0.3) is 10.9 Å². The smallest absolute Gasteiger partial charge is 0.255 e. The van der Waals surface area contributed by atoms with Gasteiger partial charge in [-0.1, -0.05) is 0 Å². The average Bonchev–Trinajstić information content (AvgIpc) is 3.22. The summed E-state index contributed by atoms with van der Waals surface area (Å²) < 4.78 is 8.12. The van der Waals surface area contributed by atoms with Gasteiger partial charge in [-0.05, 0) is 36.8 Å². The van der Waals surface area contributed by atoms with Gasteiger partial charge in [-0.25, -0.2) is 4.98 Å². The molecule has 5 rings (SSSR count). The largest absolute Gasteiger partial charge is 0.490 e. The number of ether oxygens (including phenoxy) is 1. The standard InChI is InChI=1S/C22H25N5O2/c1-14-10-18-19(13-25(2)22(18)28)24-21(14)27-8-6-16(7-9-27)29-17-4-5-20-15(11-17)12-23-26(20)3/h4-5,10-12,16H,6-9,13H2,1-3H3. The second kappa shape index (κ2) is 6.76. The highest BCUT2D eigenvalue weighted by molar-refractivity contribution is 5.98. The van der Waals surface area contributed by atoms with E-state index in [4.69, 9.17) is 9.72 Å². The number of piperidine rings is 1. The van der Waals surface area contributed by atoms with Gasteiger partial charge < -0.3 is 14.5 Å². The molecule has 2 aliphatic heterocycles. The summed E-state index contributed by atoms with van der Waals surface area (Å²) in [6, 6.07) is 8.14. The van der Waals surface area contributed by atoms with Crippen molar-refractivity contribution in [3.63, 3.8) is 0 Å². The second-order valence-corrected chi connectivity index (χ2v) is 8.08. The van der Waals surface area contributed by atoms with Crippen LogP contribution in [-0.2, 0) is 13.6 Å². The van der Waals surface area contributed by atoms with Gasteiger partial charge in [0, 0.05) is 45.4 Å². The fourth-order valence-corrected chi connectivity index (χ4v) is 4.36. The number of aryl methyl sites for hydroxylation is 2. The van der Waals surface area contributed by atoms with Crippen molar-refractivity contribution in [2.75, 3.05) is 25.0 Å². The van der Waals surface area contributed by atoms with Crippen LogP contribution in [0.15, 0.2) is 30.5 Å². The maximum Gasteiger partial charge on any atom is 0.255 e. The Labute approximate surface area is 169 Å². The summed E-state index contributed by atoms with van der Waals surface area (Å²) in [4.78, 5) is 21.1. The summed E-state index contributed by atoms with van der Waals surface area (Å²) in [5, 5.41) is 5.39. The van der Waals surface area contributed by atoms with Crippen molar-refractivity contribution < 1.29 is 9.53 Å². The zero-order valence-electron chi connectivity index (χ0n) is 17.1. The number of pyridine rings is 1. The van der Waals surface area contributed by atoms with E-state index in [1.165, 1.54) is 0 Å². The van der Waals surface area contributed by atoms with Crippen molar-refractivity contribution >= 4 is 22.6 Å². The Kier molecular flexibility index (Phi) is 4.19. The van der Waals surface area contributed by atoms with Crippen LogP contribution in [0.1, 0.15) is 34.5 Å². The van der Waals surface area contributed by atoms with E-state index < -0.39 is 0 Å². The van der Waals surface area contributed by atoms with E-state index >= 15 is 0 Å². The normalized spacial score (nSPS) is 17.3. The van der Waals surface area contributed by atoms with Crippen LogP contribution >= 0.6 is 0 Å². The SMILES string of the molecule is Cc1cc2c(nc1N1CCC(Oc3ccc4c(cnn4C)c3)CC1)CN(C)C2=O. The van der Waals surface area contributed by atoms with Crippen LogP contribution in [-0.4, -0.2) is 51.8 Å². The van der Waals surface area contributed by atoms with E-state index in [2.05, 4.69) is 22.1 Å². The summed E-state index contributed by atoms with van der Waals surface area (Å²) in [6.45, 7) is 4.43. The lowest BCUT2D eigenvalue weighted by Gasteiger charge is -2.34. The fourth-order valence-electron chi connectivity index (χ4n) is 4.36. The van der Waals surface area contributed by atoms with E-state index in [1.807, 2.05) is 44.0 Å². The van der Waals surface area contributed by atoms with Gasteiger partial charge in [0.25, 0.3) is 5.91 Å². The molecule has 2 aliphatic rings. The van der Waals surface area contributed by atoms with Gasteiger partial charge in [-0.15, -0.1) is 0 Å². The van der Waals surface area contributed by atoms with Crippen LogP contribution in [0.3, 0.4) is 0 Å². The molecule has 4 heterocycles. The molecule has 150 valence electrons. The highest BCUT2D eigenvalue weighted by Gasteiger charge is 2.29. The summed E-state index contributed by atoms with van der Waals surface area (Å²) in [5.41, 5.74) is 3.81. The molecule has 0 N–H and O–H groups in total. The fraction of sp³-hybridized carbons (Fsp3) is 0.409. The van der Waals surface area contributed by atoms with Gasteiger partial charge in [0.15, 0.2) is 0 Å². The molecule has 1 amide bonds. The van der Waals surface area contributed by atoms with Gasteiger partial charge in [-0.3, -0.25) is 9.48 Å². The number of hydrogen-bond acceptors (Lipinski definition) is 5. The molecular formula is C22H25N5O2. The maximum atomic E-state index is 12.2. The Balaban J connectivity index is 1.27. The first-order valence-electron chi connectivity index (χ1n) is 10.1. The molecule has 0 spiro atoms. The van der Waals surface area contributed by atoms with E-state index in [0.29, 0.717) is 6.54 Å². The minimum atomic E-state index is 0.0693. The van der Waals surface area contributed by atoms with Gasteiger partial charge in [-0.2, -0.15) is 5.10 Å². The van der Waals surface area contributed by atoms with Crippen molar-refractivity contribution in [2.24, 2.45) is 7.05 Å². The number of rotatable bonds is 3. The highest BCUT2D eigenvalue weighted by Crippen LogP contribution is 2.29. The number of benzene rings is 1. The van der Waals surface area contributed by atoms with Crippen LogP contribution in [0.5, 0.6) is 5.75 Å². The van der Waals surface area contributed by atoms with Crippen LogP contribution in [0, 0.1) is 6.92 Å². The molecule has 29 heavy (non-hydrogen) atoms. The molecule has 7 nitrogen and oxygen atoms in total. The number of nitrogens with zero attached hydrogens (tertiary/aromatic N) is 5. The third-order valence-corrected chi connectivity index (χ3v) is 5.99. The molecule has 2 aromatic heterocycles. The lowest BCUT2D eigenvalue weighted by Crippen LogP contribution is -2.39. The zero-order valence-corrected chi connectivity index (χ0v) is 17.1. The molecule has 0 atom stereocenters. The molecule has 1 saturated heterocycles. The Bertz CT molecular complexity index is 1100. The first-order valence-corrected chi connectivity index (χ1v) is 10.1. The molecule has 0 aliphatic carbocycles. The lowest BCUT2D eigenvalue weighted by atomic mass is 10.1. The van der Waals surface area contributed by atoms with Crippen LogP contribution in [0.4, 0.5) is 5.82 Å². The molecule has 0 saturated carbocycles. The number of anilines is 1. The Morgan fingerprint density at radius 1 is 1.14 bits per heavy atom. The summed E-state index contributed by atoms with van der Waals surface area (Å²) >= 11 is 0. The number of fused-ring (bicyclic) bond motifs is 2. The molecule has 7 heteroatoms. The first kappa shape index (κ1) is 18.0. The average molecular weight is 391 g/mol. The minimum Gasteiger partial charge on any atom is -0.490 e. The molecule has 1 fully saturated rings. The van der Waals surface area contributed by atoms with Crippen molar-refractivity contribution in [3.8, 4) is 5.75 Å². The molecule has 3 aromatic rings. The van der Waals surface area contributed by atoms with Crippen LogP contribution in [0.2, 0.25) is 0 Å². The Morgan fingerprint density at radius 2 is 1.93 bits per heavy atom. The zero-order chi connectivity index (χ0) is 20.1. The Hall–Kier alpha value is -3.09. The highest BCUT2D eigenvalue weighted by atomic mass is 16.5. The van der Waals surface area contributed by atoms with Crippen molar-refractivity contribution in [1.29, 1.82) is 0 Å². The minimum absolute atomic E-state index is 0.0693. The van der Waals surface area contributed by atoms with Crippen molar-refractivity contribution in [2.45, 2.75) is 32.4 Å². The quantitative estimate of drug-likeness (QED) is 0.687. The topological polar surface area (TPSA) is 63.5 Å². The number of hydrogen-bond donors (Lipinski definition) is 0. The van der Waals surface area contributed by atoms with Crippen molar-refractivity contribution in [1.82, 2.24) is 19.7 Å². The summed E-state index contributed by atoms with van der Waals surface area (Å²) in [6.07, 6.45) is 3.96. The summed E-state index contributed by atoms with van der Waals surface area (Å²) in [5.74, 6) is 1.97. The number of aromatic nitrogens is 3. The first-order chi connectivity index (χ1) is 14.0. The third-order valence-electron chi connectivity index (χ3n) is 5.99. The Morgan fingerprint density at radius 3 is 2.72 bits per heavy atom. The van der Waals surface area contributed by atoms with Crippen molar-refractivity contribution in [3.05, 3.63) is 47.3 Å². The number of amides is 1. The maximum absolute atomic E-state index is 12.2. The third kappa shape index (κ3) is 3.10. The molecule has 0 radical (unpaired) electrons. The van der Waals surface area contributed by atoms with Gasteiger partial charge in [0.1, 0.15) is 17.7 Å². The monoisotopic (exact) mass is 391 g/mol. The van der Waals surface area contributed by atoms with E-state index in [-0.39, 0.29) is 12.0 Å². The van der Waals surface area contributed by atoms with E-state index in [1.54, 1.807) is 4.90 Å². The summed E-state index contributed by atoms with van der Waals surface area (Å²) in [7, 11) is 3.77. The predicted molar refractivity (Wildman–Crippen MR) is 111 cm³/mol. The molecule has 0 bridgehead atoms. The molecule has 1 aromatic carbocycles. The molecule has 0 unspecified atom stereocenters. The number of carbonyl (C=O) groups is 1. The van der Waals surface area contributed by atoms with E-state index in [0.717, 1.165) is 65.2 Å². The predicted octanol–water partition coefficient (Wildman–Crippen LogP) is 2.91. The second-order valence-electron chi connectivity index (χ2n) is 8.08. The van der Waals surface area contributed by atoms with Gasteiger partial charge >= 0.3 is 0 Å². The molecular weight excluding hydrogens is 366 g/mol.